The van der Waals surface area contributed by atoms with Gasteiger partial charge in [0, 0.05) is 0 Å². The first kappa shape index (κ1) is 24.2. The van der Waals surface area contributed by atoms with Crippen molar-refractivity contribution in [3.8, 4) is 11.5 Å². The van der Waals surface area contributed by atoms with Crippen LogP contribution in [0.4, 0.5) is 0 Å². The molecule has 0 bridgehead atoms. The van der Waals surface area contributed by atoms with Gasteiger partial charge in [-0.1, -0.05) is 41.7 Å². The number of carbonyl (C=O) groups excluding carboxylic acids is 1. The molecule has 0 spiro atoms. The number of thiazole rings is 1. The predicted molar refractivity (Wildman–Crippen MR) is 139 cm³/mol. The summed E-state index contributed by atoms with van der Waals surface area (Å²) in [5.74, 6) is 0.764. The molecule has 1 unspecified atom stereocenters. The summed E-state index contributed by atoms with van der Waals surface area (Å²) < 4.78 is 19.2. The van der Waals surface area contributed by atoms with Gasteiger partial charge in [-0.3, -0.25) is 9.36 Å². The first-order valence-electron chi connectivity index (χ1n) is 10.6. The van der Waals surface area contributed by atoms with Crippen molar-refractivity contribution in [1.29, 1.82) is 0 Å². The van der Waals surface area contributed by atoms with Crippen molar-refractivity contribution in [2.24, 2.45) is 4.99 Å². The second-order valence-corrected chi connectivity index (χ2v) is 9.62. The van der Waals surface area contributed by atoms with Crippen molar-refractivity contribution < 1.29 is 19.0 Å². The standard InChI is InChI=1S/C25H23IN2O5S/c1-5-33-22-17(26)11-15(12-18(22)31-3)13-19-23(29)28-21(16-9-7-6-8-10-16)20(24(30)32-4)14(2)27-25(28)34-19/h6-13,21H,5H2,1-4H3. The van der Waals surface area contributed by atoms with E-state index in [2.05, 4.69) is 27.6 Å². The minimum Gasteiger partial charge on any atom is -0.493 e. The molecule has 2 aromatic carbocycles. The predicted octanol–water partition coefficient (Wildman–Crippen LogP) is 3.42. The second-order valence-electron chi connectivity index (χ2n) is 7.45. The molecule has 0 N–H and O–H groups in total. The zero-order valence-electron chi connectivity index (χ0n) is 19.1. The van der Waals surface area contributed by atoms with Gasteiger partial charge < -0.3 is 14.2 Å². The third kappa shape index (κ3) is 4.41. The smallest absolute Gasteiger partial charge is 0.338 e. The molecule has 2 heterocycles. The van der Waals surface area contributed by atoms with Gasteiger partial charge in [0.15, 0.2) is 16.3 Å². The van der Waals surface area contributed by atoms with Crippen molar-refractivity contribution in [3.05, 3.63) is 88.1 Å². The Morgan fingerprint density at radius 3 is 2.62 bits per heavy atom. The van der Waals surface area contributed by atoms with Gasteiger partial charge in [-0.05, 0) is 65.8 Å². The highest BCUT2D eigenvalue weighted by molar-refractivity contribution is 14.1. The number of allylic oxidation sites excluding steroid dienone is 1. The van der Waals surface area contributed by atoms with Crippen LogP contribution in [-0.2, 0) is 9.53 Å². The van der Waals surface area contributed by atoms with Gasteiger partial charge in [0.1, 0.15) is 0 Å². The molecule has 176 valence electrons. The Morgan fingerprint density at radius 1 is 1.24 bits per heavy atom. The van der Waals surface area contributed by atoms with Crippen molar-refractivity contribution in [2.75, 3.05) is 20.8 Å². The number of ether oxygens (including phenoxy) is 3. The number of rotatable bonds is 6. The first-order valence-corrected chi connectivity index (χ1v) is 12.4. The summed E-state index contributed by atoms with van der Waals surface area (Å²) in [5, 5.41) is 0. The lowest BCUT2D eigenvalue weighted by Gasteiger charge is -2.24. The van der Waals surface area contributed by atoms with Gasteiger partial charge >= 0.3 is 5.97 Å². The highest BCUT2D eigenvalue weighted by Gasteiger charge is 2.32. The number of benzene rings is 2. The number of methoxy groups -OCH3 is 2. The zero-order valence-corrected chi connectivity index (χ0v) is 22.1. The van der Waals surface area contributed by atoms with Crippen molar-refractivity contribution in [3.63, 3.8) is 0 Å². The molecule has 1 aliphatic heterocycles. The monoisotopic (exact) mass is 590 g/mol. The average Bonchev–Trinajstić information content (AvgIpc) is 3.14. The van der Waals surface area contributed by atoms with Crippen LogP contribution in [-0.4, -0.2) is 31.4 Å². The Labute approximate surface area is 214 Å². The van der Waals surface area contributed by atoms with Crippen LogP contribution in [0, 0.1) is 3.57 Å². The molecule has 0 amide bonds. The summed E-state index contributed by atoms with van der Waals surface area (Å²) in [6, 6.07) is 12.6. The summed E-state index contributed by atoms with van der Waals surface area (Å²) in [7, 11) is 2.92. The van der Waals surface area contributed by atoms with Crippen molar-refractivity contribution in [1.82, 2.24) is 4.57 Å². The molecule has 0 radical (unpaired) electrons. The van der Waals surface area contributed by atoms with Gasteiger partial charge in [0.2, 0.25) is 0 Å². The lowest BCUT2D eigenvalue weighted by atomic mass is 9.96. The van der Waals surface area contributed by atoms with E-state index in [1.165, 1.54) is 18.4 Å². The third-order valence-electron chi connectivity index (χ3n) is 5.38. The Bertz CT molecular complexity index is 1460. The van der Waals surface area contributed by atoms with Crippen LogP contribution < -0.4 is 24.4 Å². The topological polar surface area (TPSA) is 79.1 Å². The number of fused-ring (bicyclic) bond motifs is 1. The molecule has 3 aromatic rings. The maximum atomic E-state index is 13.6. The van der Waals surface area contributed by atoms with Crippen LogP contribution in [0.15, 0.2) is 63.5 Å². The molecule has 0 fully saturated rings. The Hall–Kier alpha value is -2.92. The van der Waals surface area contributed by atoms with Gasteiger partial charge in [0.25, 0.3) is 5.56 Å². The van der Waals surface area contributed by atoms with Crippen LogP contribution in [0.2, 0.25) is 0 Å². The Balaban J connectivity index is 1.93. The molecule has 0 saturated carbocycles. The van der Waals surface area contributed by atoms with E-state index in [1.807, 2.05) is 55.5 Å². The number of hydrogen-bond donors (Lipinski definition) is 0. The molecular formula is C25H23IN2O5S. The van der Waals surface area contributed by atoms with Crippen LogP contribution >= 0.6 is 33.9 Å². The molecule has 34 heavy (non-hydrogen) atoms. The normalized spacial score (nSPS) is 15.6. The molecule has 0 aliphatic carbocycles. The fourth-order valence-electron chi connectivity index (χ4n) is 3.90. The minimum absolute atomic E-state index is 0.227. The largest absolute Gasteiger partial charge is 0.493 e. The number of halogens is 1. The summed E-state index contributed by atoms with van der Waals surface area (Å²) in [5.41, 5.74) is 2.27. The summed E-state index contributed by atoms with van der Waals surface area (Å²) in [6.45, 7) is 4.20. The van der Waals surface area contributed by atoms with Crippen LogP contribution in [0.25, 0.3) is 6.08 Å². The number of carbonyl (C=O) groups is 1. The fraction of sp³-hybridized carbons (Fsp3) is 0.240. The number of esters is 1. The van der Waals surface area contributed by atoms with E-state index in [-0.39, 0.29) is 5.56 Å². The number of nitrogens with zero attached hydrogens (tertiary/aromatic N) is 2. The minimum atomic E-state index is -0.623. The van der Waals surface area contributed by atoms with Gasteiger partial charge in [0.05, 0.1) is 46.2 Å². The van der Waals surface area contributed by atoms with Crippen LogP contribution in [0.1, 0.15) is 31.0 Å². The maximum absolute atomic E-state index is 13.6. The maximum Gasteiger partial charge on any atom is 0.338 e. The van der Waals surface area contributed by atoms with E-state index >= 15 is 0 Å². The molecule has 1 aliphatic rings. The van der Waals surface area contributed by atoms with Crippen molar-refractivity contribution >= 4 is 46.0 Å². The average molecular weight is 590 g/mol. The van der Waals surface area contributed by atoms with E-state index in [0.29, 0.717) is 38.7 Å². The molecule has 1 atom stereocenters. The number of aromatic nitrogens is 1. The Kier molecular flexibility index (Phi) is 7.22. The molecule has 7 nitrogen and oxygen atoms in total. The highest BCUT2D eigenvalue weighted by atomic mass is 127. The zero-order chi connectivity index (χ0) is 24.4. The van der Waals surface area contributed by atoms with E-state index < -0.39 is 12.0 Å². The van der Waals surface area contributed by atoms with E-state index in [4.69, 9.17) is 14.2 Å². The molecule has 1 aromatic heterocycles. The van der Waals surface area contributed by atoms with E-state index in [9.17, 15) is 9.59 Å². The molecule has 9 heteroatoms. The molecule has 0 saturated heterocycles. The molecular weight excluding hydrogens is 567 g/mol. The number of hydrogen-bond acceptors (Lipinski definition) is 7. The molecule has 4 rings (SSSR count). The Morgan fingerprint density at radius 2 is 1.97 bits per heavy atom. The highest BCUT2D eigenvalue weighted by Crippen LogP contribution is 2.34. The van der Waals surface area contributed by atoms with Crippen LogP contribution in [0.5, 0.6) is 11.5 Å². The quantitative estimate of drug-likeness (QED) is 0.325. The summed E-state index contributed by atoms with van der Waals surface area (Å²) in [6.07, 6.45) is 1.81. The fourth-order valence-corrected chi connectivity index (χ4v) is 5.73. The SMILES string of the molecule is CCOc1c(I)cc(C=c2sc3n(c2=O)C(c2ccccc2)C(C(=O)OC)=C(C)N=3)cc1OC. The first-order chi connectivity index (χ1) is 16.4. The third-order valence-corrected chi connectivity index (χ3v) is 7.16. The lowest BCUT2D eigenvalue weighted by Crippen LogP contribution is -2.39. The van der Waals surface area contributed by atoms with Gasteiger partial charge in [-0.25, -0.2) is 9.79 Å². The summed E-state index contributed by atoms with van der Waals surface area (Å²) >= 11 is 3.47. The lowest BCUT2D eigenvalue weighted by molar-refractivity contribution is -0.136. The van der Waals surface area contributed by atoms with Crippen molar-refractivity contribution in [2.45, 2.75) is 19.9 Å². The van der Waals surface area contributed by atoms with E-state index in [0.717, 1.165) is 14.7 Å². The van der Waals surface area contributed by atoms with Crippen LogP contribution in [0.3, 0.4) is 0 Å². The summed E-state index contributed by atoms with van der Waals surface area (Å²) in [4.78, 5) is 31.4. The van der Waals surface area contributed by atoms with Gasteiger partial charge in [-0.2, -0.15) is 0 Å². The van der Waals surface area contributed by atoms with E-state index in [1.54, 1.807) is 18.6 Å². The second kappa shape index (κ2) is 10.1. The van der Waals surface area contributed by atoms with Gasteiger partial charge in [-0.15, -0.1) is 0 Å².